The van der Waals surface area contributed by atoms with Gasteiger partial charge in [-0.25, -0.2) is 0 Å². The van der Waals surface area contributed by atoms with Gasteiger partial charge in [0.15, 0.2) is 0 Å². The molecule has 20 heavy (non-hydrogen) atoms. The summed E-state index contributed by atoms with van der Waals surface area (Å²) in [4.78, 5) is 8.51. The molecule has 1 atom stereocenters. The average molecular weight is 275 g/mol. The van der Waals surface area contributed by atoms with E-state index in [-0.39, 0.29) is 0 Å². The fourth-order valence-electron chi connectivity index (χ4n) is 1.88. The number of fused-ring (bicyclic) bond motifs is 1. The van der Waals surface area contributed by atoms with Gasteiger partial charge in [0.05, 0.1) is 24.2 Å². The predicted octanol–water partition coefficient (Wildman–Crippen LogP) is 1.64. The van der Waals surface area contributed by atoms with Crippen molar-refractivity contribution in [2.75, 3.05) is 13.2 Å². The van der Waals surface area contributed by atoms with Crippen molar-refractivity contribution in [1.29, 1.82) is 0 Å². The van der Waals surface area contributed by atoms with Crippen molar-refractivity contribution in [3.8, 4) is 0 Å². The Hall–Kier alpha value is -1.56. The number of ether oxygens (including phenoxy) is 1. The zero-order valence-electron chi connectivity index (χ0n) is 11.7. The zero-order valence-corrected chi connectivity index (χ0v) is 11.7. The molecule has 0 saturated heterocycles. The zero-order chi connectivity index (χ0) is 14.4. The van der Waals surface area contributed by atoms with Crippen molar-refractivity contribution in [3.63, 3.8) is 0 Å². The molecule has 1 heterocycles. The van der Waals surface area contributed by atoms with Gasteiger partial charge in [-0.15, -0.1) is 0 Å². The lowest BCUT2D eigenvalue weighted by Gasteiger charge is -2.20. The highest BCUT2D eigenvalue weighted by atomic mass is 16.5. The lowest BCUT2D eigenvalue weighted by Crippen LogP contribution is -2.39. The van der Waals surface area contributed by atoms with Gasteiger partial charge >= 0.3 is 0 Å². The largest absolute Gasteiger partial charge is 0.381 e. The first kappa shape index (κ1) is 14.8. The van der Waals surface area contributed by atoms with Gasteiger partial charge in [0.1, 0.15) is 5.72 Å². The highest BCUT2D eigenvalue weighted by molar-refractivity contribution is 5.74. The fraction of sp³-hybridized carbons (Fsp3) is 0.467. The smallest absolute Gasteiger partial charge is 0.115 e. The van der Waals surface area contributed by atoms with Crippen LogP contribution in [-0.2, 0) is 11.2 Å². The van der Waals surface area contributed by atoms with Crippen LogP contribution < -0.4 is 5.73 Å². The normalized spacial score (nSPS) is 14.3. The highest BCUT2D eigenvalue weighted by Crippen LogP contribution is 2.12. The van der Waals surface area contributed by atoms with E-state index >= 15 is 0 Å². The first-order valence-electron chi connectivity index (χ1n) is 6.89. The van der Waals surface area contributed by atoms with Crippen LogP contribution in [-0.4, -0.2) is 34.0 Å². The van der Waals surface area contributed by atoms with Crippen LogP contribution in [0.5, 0.6) is 0 Å². The number of rotatable bonds is 7. The second kappa shape index (κ2) is 6.74. The summed E-state index contributed by atoms with van der Waals surface area (Å²) in [6.07, 6.45) is 5.16. The molecular formula is C15H21N3O2. The molecule has 0 amide bonds. The summed E-state index contributed by atoms with van der Waals surface area (Å²) >= 11 is 0. The number of hydrogen-bond donors (Lipinski definition) is 2. The molecule has 0 aliphatic carbocycles. The Bertz CT molecular complexity index is 558. The maximum absolute atomic E-state index is 9.64. The van der Waals surface area contributed by atoms with Crippen molar-refractivity contribution < 1.29 is 9.84 Å². The van der Waals surface area contributed by atoms with E-state index in [1.54, 1.807) is 12.4 Å². The molecule has 2 aromatic rings. The predicted molar refractivity (Wildman–Crippen MR) is 78.1 cm³/mol. The Kier molecular flexibility index (Phi) is 5.00. The summed E-state index contributed by atoms with van der Waals surface area (Å²) in [6, 6.07) is 6.02. The first-order valence-corrected chi connectivity index (χ1v) is 6.89. The van der Waals surface area contributed by atoms with E-state index < -0.39 is 5.72 Å². The van der Waals surface area contributed by atoms with Crippen LogP contribution in [0.15, 0.2) is 30.6 Å². The minimum atomic E-state index is -1.11. The molecular weight excluding hydrogens is 254 g/mol. The molecule has 0 fully saturated rings. The van der Waals surface area contributed by atoms with E-state index in [1.165, 1.54) is 0 Å². The molecule has 0 bridgehead atoms. The van der Waals surface area contributed by atoms with Crippen molar-refractivity contribution in [2.24, 2.45) is 5.73 Å². The van der Waals surface area contributed by atoms with E-state index in [2.05, 4.69) is 9.97 Å². The van der Waals surface area contributed by atoms with Crippen molar-refractivity contribution >= 4 is 11.0 Å². The van der Waals surface area contributed by atoms with Gasteiger partial charge in [0, 0.05) is 18.8 Å². The topological polar surface area (TPSA) is 81.3 Å². The molecule has 0 aliphatic heterocycles. The highest BCUT2D eigenvalue weighted by Gasteiger charge is 2.17. The molecule has 2 rings (SSSR count). The van der Waals surface area contributed by atoms with E-state index in [0.717, 1.165) is 23.0 Å². The molecule has 5 heteroatoms. The molecule has 1 unspecified atom stereocenters. The number of nitrogens with two attached hydrogens (primary N) is 1. The minimum absolute atomic E-state index is 0.451. The van der Waals surface area contributed by atoms with Gasteiger partial charge in [0.25, 0.3) is 0 Å². The summed E-state index contributed by atoms with van der Waals surface area (Å²) in [5.74, 6) is 0. The lowest BCUT2D eigenvalue weighted by molar-refractivity contribution is 0.00219. The summed E-state index contributed by atoms with van der Waals surface area (Å²) < 4.78 is 5.51. The quantitative estimate of drug-likeness (QED) is 0.593. The molecule has 1 aromatic carbocycles. The minimum Gasteiger partial charge on any atom is -0.381 e. The summed E-state index contributed by atoms with van der Waals surface area (Å²) in [7, 11) is 0. The summed E-state index contributed by atoms with van der Waals surface area (Å²) in [6.45, 7) is 2.93. The molecule has 1 aromatic heterocycles. The second-order valence-corrected chi connectivity index (χ2v) is 4.95. The number of nitrogens with zero attached hydrogens (tertiary/aromatic N) is 2. The maximum Gasteiger partial charge on any atom is 0.115 e. The Morgan fingerprint density at radius 3 is 2.70 bits per heavy atom. The molecule has 108 valence electrons. The Labute approximate surface area is 118 Å². The molecule has 3 N–H and O–H groups in total. The van der Waals surface area contributed by atoms with E-state index in [0.29, 0.717) is 26.1 Å². The number of benzene rings is 1. The van der Waals surface area contributed by atoms with Crippen molar-refractivity contribution in [3.05, 3.63) is 36.2 Å². The maximum atomic E-state index is 9.64. The number of aromatic nitrogens is 2. The third kappa shape index (κ3) is 4.23. The molecule has 0 aliphatic rings. The monoisotopic (exact) mass is 275 g/mol. The Balaban J connectivity index is 1.78. The third-order valence-corrected chi connectivity index (χ3v) is 3.36. The van der Waals surface area contributed by atoms with Crippen LogP contribution >= 0.6 is 0 Å². The first-order chi connectivity index (χ1) is 9.61. The van der Waals surface area contributed by atoms with Crippen LogP contribution in [0.4, 0.5) is 0 Å². The average Bonchev–Trinajstić information content (AvgIpc) is 2.46. The van der Waals surface area contributed by atoms with Crippen LogP contribution in [0.1, 0.15) is 25.3 Å². The summed E-state index contributed by atoms with van der Waals surface area (Å²) in [5.41, 5.74) is 7.48. The van der Waals surface area contributed by atoms with Crippen LogP contribution in [0.2, 0.25) is 0 Å². The molecule has 0 radical (unpaired) electrons. The lowest BCUT2D eigenvalue weighted by atomic mass is 10.1. The van der Waals surface area contributed by atoms with E-state index in [1.807, 2.05) is 25.1 Å². The fourth-order valence-corrected chi connectivity index (χ4v) is 1.88. The van der Waals surface area contributed by atoms with Crippen molar-refractivity contribution in [1.82, 2.24) is 9.97 Å². The van der Waals surface area contributed by atoms with Gasteiger partial charge in [-0.1, -0.05) is 13.0 Å². The van der Waals surface area contributed by atoms with Crippen LogP contribution in [0, 0.1) is 0 Å². The number of hydrogen-bond acceptors (Lipinski definition) is 5. The van der Waals surface area contributed by atoms with Gasteiger partial charge < -0.3 is 15.6 Å². The SMILES string of the molecule is CCC(N)(O)CCOCCc1ccc2nccnc2c1. The van der Waals surface area contributed by atoms with Gasteiger partial charge in [-0.2, -0.15) is 0 Å². The van der Waals surface area contributed by atoms with Crippen LogP contribution in [0.3, 0.4) is 0 Å². The Morgan fingerprint density at radius 2 is 1.95 bits per heavy atom. The van der Waals surface area contributed by atoms with Crippen molar-refractivity contribution in [2.45, 2.75) is 31.9 Å². The van der Waals surface area contributed by atoms with E-state index in [9.17, 15) is 5.11 Å². The van der Waals surface area contributed by atoms with Gasteiger partial charge in [0.2, 0.25) is 0 Å². The van der Waals surface area contributed by atoms with Gasteiger partial charge in [-0.3, -0.25) is 9.97 Å². The standard InChI is InChI=1S/C15H21N3O2/c1-2-15(16,19)6-10-20-9-5-12-3-4-13-14(11-12)18-8-7-17-13/h3-4,7-8,11,19H,2,5-6,9-10,16H2,1H3. The third-order valence-electron chi connectivity index (χ3n) is 3.36. The van der Waals surface area contributed by atoms with E-state index in [4.69, 9.17) is 10.5 Å². The molecule has 0 saturated carbocycles. The number of aliphatic hydroxyl groups is 1. The second-order valence-electron chi connectivity index (χ2n) is 4.95. The molecule has 0 spiro atoms. The van der Waals surface area contributed by atoms with Crippen LogP contribution in [0.25, 0.3) is 11.0 Å². The van der Waals surface area contributed by atoms with Gasteiger partial charge in [-0.05, 0) is 30.5 Å². The Morgan fingerprint density at radius 1 is 1.20 bits per heavy atom. The molecule has 5 nitrogen and oxygen atoms in total. The summed E-state index contributed by atoms with van der Waals surface area (Å²) in [5, 5.41) is 9.64.